The molecular weight excluding hydrogens is 342 g/mol. The molecule has 0 unspecified atom stereocenters. The molecule has 5 aromatic rings. The van der Waals surface area contributed by atoms with Crippen molar-refractivity contribution in [2.24, 2.45) is 0 Å². The van der Waals surface area contributed by atoms with Gasteiger partial charge < -0.3 is 4.57 Å². The highest BCUT2D eigenvalue weighted by Gasteiger charge is 2.04. The number of nitriles is 1. The van der Waals surface area contributed by atoms with E-state index in [0.717, 1.165) is 28.4 Å². The maximum atomic E-state index is 9.05. The number of imidazole rings is 1. The summed E-state index contributed by atoms with van der Waals surface area (Å²) in [7, 11) is 0. The fourth-order valence-corrected chi connectivity index (χ4v) is 3.63. The van der Waals surface area contributed by atoms with Crippen LogP contribution in [0.25, 0.3) is 32.9 Å². The summed E-state index contributed by atoms with van der Waals surface area (Å²) in [6.45, 7) is 0.801. The lowest BCUT2D eigenvalue weighted by atomic mass is 9.99. The number of fused-ring (bicyclic) bond motifs is 2. The lowest BCUT2D eigenvalue weighted by molar-refractivity contribution is 0.825. The van der Waals surface area contributed by atoms with Crippen molar-refractivity contribution in [2.75, 3.05) is 0 Å². The van der Waals surface area contributed by atoms with Crippen LogP contribution in [0.2, 0.25) is 0 Å². The molecular formula is C25H17N3. The molecule has 0 aliphatic rings. The van der Waals surface area contributed by atoms with Crippen molar-refractivity contribution in [3.8, 4) is 17.2 Å². The summed E-state index contributed by atoms with van der Waals surface area (Å²) in [6.07, 6.45) is 1.90. The van der Waals surface area contributed by atoms with Gasteiger partial charge in [-0.3, -0.25) is 0 Å². The highest BCUT2D eigenvalue weighted by atomic mass is 15.0. The van der Waals surface area contributed by atoms with E-state index in [1.165, 1.54) is 16.7 Å². The Morgan fingerprint density at radius 2 is 1.54 bits per heavy atom. The number of benzene rings is 4. The van der Waals surface area contributed by atoms with Crippen LogP contribution in [0, 0.1) is 11.3 Å². The molecule has 0 bridgehead atoms. The summed E-state index contributed by atoms with van der Waals surface area (Å²) in [5.41, 5.74) is 6.47. The number of rotatable bonds is 3. The van der Waals surface area contributed by atoms with Crippen molar-refractivity contribution >= 4 is 21.8 Å². The van der Waals surface area contributed by atoms with Crippen LogP contribution in [0.15, 0.2) is 91.3 Å². The van der Waals surface area contributed by atoms with Gasteiger partial charge in [0.1, 0.15) is 0 Å². The van der Waals surface area contributed by atoms with Gasteiger partial charge in [0.05, 0.1) is 29.0 Å². The topological polar surface area (TPSA) is 41.6 Å². The average Bonchev–Trinajstić information content (AvgIpc) is 3.16. The average molecular weight is 359 g/mol. The Hall–Kier alpha value is -3.90. The third-order valence-electron chi connectivity index (χ3n) is 5.14. The second kappa shape index (κ2) is 6.68. The summed E-state index contributed by atoms with van der Waals surface area (Å²) in [6, 6.07) is 31.2. The van der Waals surface area contributed by atoms with Gasteiger partial charge >= 0.3 is 0 Å². The van der Waals surface area contributed by atoms with Crippen LogP contribution in [0.3, 0.4) is 0 Å². The van der Waals surface area contributed by atoms with E-state index < -0.39 is 0 Å². The molecule has 0 atom stereocenters. The number of aromatic nitrogens is 2. The molecule has 132 valence electrons. The lowest BCUT2D eigenvalue weighted by Gasteiger charge is -2.08. The second-order valence-corrected chi connectivity index (χ2v) is 6.95. The molecule has 28 heavy (non-hydrogen) atoms. The fourth-order valence-electron chi connectivity index (χ4n) is 3.63. The third kappa shape index (κ3) is 2.91. The van der Waals surface area contributed by atoms with Crippen LogP contribution in [0.4, 0.5) is 0 Å². The summed E-state index contributed by atoms with van der Waals surface area (Å²) in [4.78, 5) is 4.46. The van der Waals surface area contributed by atoms with Crippen LogP contribution >= 0.6 is 0 Å². The number of para-hydroxylation sites is 2. The highest BCUT2D eigenvalue weighted by Crippen LogP contribution is 2.26. The predicted molar refractivity (Wildman–Crippen MR) is 113 cm³/mol. The van der Waals surface area contributed by atoms with Gasteiger partial charge in [0.25, 0.3) is 0 Å². The molecule has 0 fully saturated rings. The molecule has 1 aromatic heterocycles. The largest absolute Gasteiger partial charge is 0.326 e. The Kier molecular flexibility index (Phi) is 3.88. The Morgan fingerprint density at radius 1 is 0.786 bits per heavy atom. The minimum absolute atomic E-state index is 0.691. The van der Waals surface area contributed by atoms with Gasteiger partial charge in [-0.05, 0) is 57.8 Å². The molecule has 0 saturated carbocycles. The van der Waals surface area contributed by atoms with E-state index >= 15 is 0 Å². The molecule has 3 heteroatoms. The van der Waals surface area contributed by atoms with Crippen LogP contribution in [0.5, 0.6) is 0 Å². The molecule has 0 spiro atoms. The number of nitrogens with zero attached hydrogens (tertiary/aromatic N) is 3. The van der Waals surface area contributed by atoms with Crippen LogP contribution < -0.4 is 0 Å². The van der Waals surface area contributed by atoms with Crippen molar-refractivity contribution in [1.82, 2.24) is 9.55 Å². The first-order valence-corrected chi connectivity index (χ1v) is 9.23. The van der Waals surface area contributed by atoms with Crippen molar-refractivity contribution in [2.45, 2.75) is 6.54 Å². The van der Waals surface area contributed by atoms with Gasteiger partial charge in [-0.2, -0.15) is 5.26 Å². The van der Waals surface area contributed by atoms with Gasteiger partial charge in [-0.25, -0.2) is 4.98 Å². The second-order valence-electron chi connectivity index (χ2n) is 6.95. The first-order chi connectivity index (χ1) is 13.8. The molecule has 0 amide bonds. The van der Waals surface area contributed by atoms with Gasteiger partial charge in [0.2, 0.25) is 0 Å². The standard InChI is InChI=1S/C25H17N3/c26-15-19-7-10-23-14-22(12-11-21(23)13-19)20-8-5-18(6-9-20)16-28-17-27-24-3-1-2-4-25(24)28/h1-14,17H,16H2. The molecule has 0 radical (unpaired) electrons. The smallest absolute Gasteiger partial charge is 0.0991 e. The highest BCUT2D eigenvalue weighted by molar-refractivity contribution is 5.88. The molecule has 0 saturated heterocycles. The Bertz CT molecular complexity index is 1340. The third-order valence-corrected chi connectivity index (χ3v) is 5.14. The van der Waals surface area contributed by atoms with E-state index in [-0.39, 0.29) is 0 Å². The predicted octanol–water partition coefficient (Wildman–Crippen LogP) is 5.78. The Morgan fingerprint density at radius 3 is 2.39 bits per heavy atom. The van der Waals surface area contributed by atoms with Gasteiger partial charge in [0.15, 0.2) is 0 Å². The van der Waals surface area contributed by atoms with Gasteiger partial charge in [-0.15, -0.1) is 0 Å². The molecule has 1 heterocycles. The molecule has 3 nitrogen and oxygen atoms in total. The van der Waals surface area contributed by atoms with Crippen molar-refractivity contribution in [1.29, 1.82) is 5.26 Å². The van der Waals surface area contributed by atoms with E-state index in [0.29, 0.717) is 5.56 Å². The normalized spacial score (nSPS) is 11.0. The van der Waals surface area contributed by atoms with Crippen LogP contribution in [0.1, 0.15) is 11.1 Å². The minimum Gasteiger partial charge on any atom is -0.326 e. The van der Waals surface area contributed by atoms with Crippen molar-refractivity contribution in [3.63, 3.8) is 0 Å². The molecule has 5 rings (SSSR count). The first-order valence-electron chi connectivity index (χ1n) is 9.23. The zero-order chi connectivity index (χ0) is 18.9. The fraction of sp³-hybridized carbons (Fsp3) is 0.0400. The van der Waals surface area contributed by atoms with E-state index in [2.05, 4.69) is 64.2 Å². The lowest BCUT2D eigenvalue weighted by Crippen LogP contribution is -1.97. The molecule has 4 aromatic carbocycles. The maximum absolute atomic E-state index is 9.05. The summed E-state index contributed by atoms with van der Waals surface area (Å²) in [5, 5.41) is 11.3. The summed E-state index contributed by atoms with van der Waals surface area (Å²) < 4.78 is 2.17. The quantitative estimate of drug-likeness (QED) is 0.410. The van der Waals surface area contributed by atoms with Crippen LogP contribution in [-0.2, 0) is 6.54 Å². The Labute approximate surface area is 163 Å². The maximum Gasteiger partial charge on any atom is 0.0991 e. The molecule has 0 aliphatic carbocycles. The zero-order valence-electron chi connectivity index (χ0n) is 15.2. The molecule has 0 aliphatic heterocycles. The van der Waals surface area contributed by atoms with Gasteiger partial charge in [0, 0.05) is 6.54 Å². The van der Waals surface area contributed by atoms with E-state index in [9.17, 15) is 0 Å². The number of hydrogen-bond donors (Lipinski definition) is 0. The SMILES string of the molecule is N#Cc1ccc2cc(-c3ccc(Cn4cnc5ccccc54)cc3)ccc2c1. The zero-order valence-corrected chi connectivity index (χ0v) is 15.2. The van der Waals surface area contributed by atoms with Gasteiger partial charge in [-0.1, -0.05) is 54.6 Å². The summed E-state index contributed by atoms with van der Waals surface area (Å²) in [5.74, 6) is 0. The first kappa shape index (κ1) is 16.3. The van der Waals surface area contributed by atoms with Crippen LogP contribution in [-0.4, -0.2) is 9.55 Å². The summed E-state index contributed by atoms with van der Waals surface area (Å²) >= 11 is 0. The van der Waals surface area contributed by atoms with E-state index in [4.69, 9.17) is 5.26 Å². The van der Waals surface area contributed by atoms with E-state index in [1.54, 1.807) is 0 Å². The Balaban J connectivity index is 1.43. The van der Waals surface area contributed by atoms with Crippen molar-refractivity contribution in [3.05, 3.63) is 102 Å². The monoisotopic (exact) mass is 359 g/mol. The van der Waals surface area contributed by atoms with Crippen molar-refractivity contribution < 1.29 is 0 Å². The minimum atomic E-state index is 0.691. The van der Waals surface area contributed by atoms with E-state index in [1.807, 2.05) is 42.7 Å². The number of hydrogen-bond acceptors (Lipinski definition) is 2. The molecule has 0 N–H and O–H groups in total.